The van der Waals surface area contributed by atoms with Crippen LogP contribution in [0, 0.1) is 11.3 Å². The maximum atomic E-state index is 12.2. The molecule has 0 aromatic heterocycles. The molecule has 0 aliphatic rings. The maximum Gasteiger partial charge on any atom is 0.257 e. The van der Waals surface area contributed by atoms with Crippen molar-refractivity contribution in [3.63, 3.8) is 0 Å². The number of aliphatic hydroxyl groups excluding tert-OH is 1. The Labute approximate surface area is 122 Å². The van der Waals surface area contributed by atoms with Crippen molar-refractivity contribution >= 4 is 11.6 Å². The summed E-state index contributed by atoms with van der Waals surface area (Å²) < 4.78 is 5.10. The number of hydrogen-bond donors (Lipinski definition) is 2. The number of anilines is 1. The molecule has 0 fully saturated rings. The monoisotopic (exact) mass is 282 g/mol. The minimum Gasteiger partial charge on any atom is -0.496 e. The molecule has 2 N–H and O–H groups in total. The highest BCUT2D eigenvalue weighted by Gasteiger charge is 2.12. The number of nitriles is 1. The molecule has 2 aromatic rings. The molecule has 0 radical (unpaired) electrons. The fourth-order valence-corrected chi connectivity index (χ4v) is 1.96. The third kappa shape index (κ3) is 3.19. The van der Waals surface area contributed by atoms with Gasteiger partial charge in [0.25, 0.3) is 5.91 Å². The zero-order valence-corrected chi connectivity index (χ0v) is 11.5. The van der Waals surface area contributed by atoms with Crippen LogP contribution < -0.4 is 10.1 Å². The SMILES string of the molecule is COc1ccc(NC(=O)c2ccccc2C#N)cc1CO. The number of ether oxygens (including phenoxy) is 1. The van der Waals surface area contributed by atoms with Crippen LogP contribution in [0.25, 0.3) is 0 Å². The third-order valence-corrected chi connectivity index (χ3v) is 3.00. The first-order valence-electron chi connectivity index (χ1n) is 6.28. The van der Waals surface area contributed by atoms with Crippen molar-refractivity contribution in [1.82, 2.24) is 0 Å². The van der Waals surface area contributed by atoms with Gasteiger partial charge in [-0.15, -0.1) is 0 Å². The normalized spacial score (nSPS) is 9.76. The largest absolute Gasteiger partial charge is 0.496 e. The average molecular weight is 282 g/mol. The number of hydrogen-bond acceptors (Lipinski definition) is 4. The van der Waals surface area contributed by atoms with Gasteiger partial charge in [-0.25, -0.2) is 0 Å². The van der Waals surface area contributed by atoms with E-state index in [4.69, 9.17) is 10.00 Å². The van der Waals surface area contributed by atoms with Gasteiger partial charge in [0.05, 0.1) is 30.9 Å². The molecule has 0 saturated carbocycles. The van der Waals surface area contributed by atoms with E-state index in [0.717, 1.165) is 0 Å². The Morgan fingerprint density at radius 3 is 2.76 bits per heavy atom. The quantitative estimate of drug-likeness (QED) is 0.901. The van der Waals surface area contributed by atoms with Gasteiger partial charge in [0.2, 0.25) is 0 Å². The highest BCUT2D eigenvalue weighted by molar-refractivity contribution is 6.05. The Kier molecular flexibility index (Phi) is 4.54. The van der Waals surface area contributed by atoms with Crippen molar-refractivity contribution in [3.05, 3.63) is 59.2 Å². The smallest absolute Gasteiger partial charge is 0.257 e. The number of benzene rings is 2. The van der Waals surface area contributed by atoms with Crippen molar-refractivity contribution in [2.45, 2.75) is 6.61 Å². The first-order chi connectivity index (χ1) is 10.2. The lowest BCUT2D eigenvalue weighted by molar-refractivity contribution is 0.102. The number of nitrogens with one attached hydrogen (secondary N) is 1. The van der Waals surface area contributed by atoms with E-state index in [1.54, 1.807) is 42.5 Å². The lowest BCUT2D eigenvalue weighted by atomic mass is 10.1. The summed E-state index contributed by atoms with van der Waals surface area (Å²) >= 11 is 0. The molecule has 2 aromatic carbocycles. The zero-order chi connectivity index (χ0) is 15.2. The summed E-state index contributed by atoms with van der Waals surface area (Å²) in [4.78, 5) is 12.2. The number of carbonyl (C=O) groups is 1. The van der Waals surface area contributed by atoms with Gasteiger partial charge < -0.3 is 15.2 Å². The molecule has 0 saturated heterocycles. The van der Waals surface area contributed by atoms with E-state index in [9.17, 15) is 9.90 Å². The number of carbonyl (C=O) groups excluding carboxylic acids is 1. The molecule has 106 valence electrons. The predicted molar refractivity (Wildman–Crippen MR) is 78.0 cm³/mol. The van der Waals surface area contributed by atoms with Crippen molar-refractivity contribution in [2.24, 2.45) is 0 Å². The molecule has 0 spiro atoms. The molecule has 21 heavy (non-hydrogen) atoms. The first-order valence-corrected chi connectivity index (χ1v) is 6.28. The second kappa shape index (κ2) is 6.55. The van der Waals surface area contributed by atoms with E-state index in [-0.39, 0.29) is 12.5 Å². The van der Waals surface area contributed by atoms with Crippen molar-refractivity contribution in [3.8, 4) is 11.8 Å². The molecule has 0 heterocycles. The predicted octanol–water partition coefficient (Wildman–Crippen LogP) is 2.31. The van der Waals surface area contributed by atoms with E-state index in [1.807, 2.05) is 6.07 Å². The van der Waals surface area contributed by atoms with Gasteiger partial charge in [0.15, 0.2) is 0 Å². The van der Waals surface area contributed by atoms with Crippen LogP contribution in [0.2, 0.25) is 0 Å². The van der Waals surface area contributed by atoms with Gasteiger partial charge in [-0.05, 0) is 30.3 Å². The molecule has 1 amide bonds. The minimum atomic E-state index is -0.374. The van der Waals surface area contributed by atoms with Crippen molar-refractivity contribution in [1.29, 1.82) is 5.26 Å². The summed E-state index contributed by atoms with van der Waals surface area (Å²) in [5, 5.41) is 21.0. The lowest BCUT2D eigenvalue weighted by Gasteiger charge is -2.10. The third-order valence-electron chi connectivity index (χ3n) is 3.00. The number of nitrogens with zero attached hydrogens (tertiary/aromatic N) is 1. The van der Waals surface area contributed by atoms with Crippen LogP contribution in [0.15, 0.2) is 42.5 Å². The van der Waals surface area contributed by atoms with E-state index in [1.165, 1.54) is 7.11 Å². The van der Waals surface area contributed by atoms with Gasteiger partial charge >= 0.3 is 0 Å². The Morgan fingerprint density at radius 1 is 1.33 bits per heavy atom. The molecular weight excluding hydrogens is 268 g/mol. The molecule has 2 rings (SSSR count). The number of rotatable bonds is 4. The summed E-state index contributed by atoms with van der Waals surface area (Å²) in [5.74, 6) is 0.175. The van der Waals surface area contributed by atoms with Crippen LogP contribution in [0.3, 0.4) is 0 Å². The summed E-state index contributed by atoms with van der Waals surface area (Å²) in [7, 11) is 1.51. The van der Waals surface area contributed by atoms with Crippen LogP contribution in [-0.2, 0) is 6.61 Å². The molecule has 5 heteroatoms. The first kappa shape index (κ1) is 14.6. The molecule has 0 aliphatic heterocycles. The van der Waals surface area contributed by atoms with Crippen molar-refractivity contribution in [2.75, 3.05) is 12.4 Å². The Balaban J connectivity index is 2.26. The maximum absolute atomic E-state index is 12.2. The Bertz CT molecular complexity index is 705. The second-order valence-electron chi connectivity index (χ2n) is 4.30. The fourth-order valence-electron chi connectivity index (χ4n) is 1.96. The Hall–Kier alpha value is -2.84. The van der Waals surface area contributed by atoms with Crippen LogP contribution in [0.4, 0.5) is 5.69 Å². The molecule has 0 aliphatic carbocycles. The summed E-state index contributed by atoms with van der Waals surface area (Å²) in [5.41, 5.74) is 1.72. The van der Waals surface area contributed by atoms with Gasteiger partial charge in [-0.2, -0.15) is 5.26 Å². The van der Waals surface area contributed by atoms with Crippen molar-refractivity contribution < 1.29 is 14.6 Å². The van der Waals surface area contributed by atoms with Crippen LogP contribution >= 0.6 is 0 Å². The Morgan fingerprint density at radius 2 is 2.10 bits per heavy atom. The lowest BCUT2D eigenvalue weighted by Crippen LogP contribution is -2.13. The van der Waals surface area contributed by atoms with E-state index < -0.39 is 0 Å². The van der Waals surface area contributed by atoms with E-state index in [2.05, 4.69) is 5.32 Å². The van der Waals surface area contributed by atoms with Gasteiger partial charge in [0, 0.05) is 11.3 Å². The molecular formula is C16H14N2O3. The highest BCUT2D eigenvalue weighted by atomic mass is 16.5. The second-order valence-corrected chi connectivity index (χ2v) is 4.30. The summed E-state index contributed by atoms with van der Waals surface area (Å²) in [6.07, 6.45) is 0. The molecule has 0 atom stereocenters. The fraction of sp³-hybridized carbons (Fsp3) is 0.125. The standard InChI is InChI=1S/C16H14N2O3/c1-21-15-7-6-13(8-12(15)10-19)18-16(20)14-5-3-2-4-11(14)9-17/h2-8,19H,10H2,1H3,(H,18,20). The molecule has 0 bridgehead atoms. The summed E-state index contributed by atoms with van der Waals surface area (Å²) in [6, 6.07) is 13.5. The van der Waals surface area contributed by atoms with E-state index in [0.29, 0.717) is 28.1 Å². The summed E-state index contributed by atoms with van der Waals surface area (Å²) in [6.45, 7) is -0.193. The van der Waals surface area contributed by atoms with Crippen LogP contribution in [-0.4, -0.2) is 18.1 Å². The van der Waals surface area contributed by atoms with Crippen LogP contribution in [0.5, 0.6) is 5.75 Å². The minimum absolute atomic E-state index is 0.193. The number of methoxy groups -OCH3 is 1. The topological polar surface area (TPSA) is 82.3 Å². The number of amides is 1. The van der Waals surface area contributed by atoms with Gasteiger partial charge in [-0.1, -0.05) is 12.1 Å². The average Bonchev–Trinajstić information content (AvgIpc) is 2.54. The molecule has 5 nitrogen and oxygen atoms in total. The van der Waals surface area contributed by atoms with Gasteiger partial charge in [-0.3, -0.25) is 4.79 Å². The van der Waals surface area contributed by atoms with E-state index >= 15 is 0 Å². The highest BCUT2D eigenvalue weighted by Crippen LogP contribution is 2.23. The van der Waals surface area contributed by atoms with Crippen LogP contribution in [0.1, 0.15) is 21.5 Å². The zero-order valence-electron chi connectivity index (χ0n) is 11.5. The number of aliphatic hydroxyl groups is 1. The van der Waals surface area contributed by atoms with Gasteiger partial charge in [0.1, 0.15) is 5.75 Å². The molecule has 0 unspecified atom stereocenters.